The van der Waals surface area contributed by atoms with Crippen molar-refractivity contribution in [3.63, 3.8) is 0 Å². The second-order valence-electron chi connectivity index (χ2n) is 5.09. The fourth-order valence-electron chi connectivity index (χ4n) is 1.96. The lowest BCUT2D eigenvalue weighted by atomic mass is 10.2. The van der Waals surface area contributed by atoms with Crippen LogP contribution in [-0.4, -0.2) is 38.8 Å². The molecule has 1 aromatic carbocycles. The van der Waals surface area contributed by atoms with Crippen LogP contribution in [-0.2, 0) is 6.18 Å². The van der Waals surface area contributed by atoms with Crippen molar-refractivity contribution >= 4 is 11.7 Å². The highest BCUT2D eigenvalue weighted by Crippen LogP contribution is 2.30. The van der Waals surface area contributed by atoms with Crippen LogP contribution in [0.3, 0.4) is 0 Å². The topological polar surface area (TPSA) is 92.1 Å². The summed E-state index contributed by atoms with van der Waals surface area (Å²) in [5.74, 6) is 0. The molecule has 0 aliphatic carbocycles. The first-order valence-corrected chi connectivity index (χ1v) is 7.08. The van der Waals surface area contributed by atoms with Crippen LogP contribution >= 0.6 is 0 Å². The van der Waals surface area contributed by atoms with Gasteiger partial charge in [0.25, 0.3) is 0 Å². The molecule has 1 atom stereocenters. The first-order valence-electron chi connectivity index (χ1n) is 7.08. The van der Waals surface area contributed by atoms with Gasteiger partial charge in [-0.3, -0.25) is 0 Å². The Morgan fingerprint density at radius 1 is 1.33 bits per heavy atom. The molecule has 1 unspecified atom stereocenters. The lowest BCUT2D eigenvalue weighted by molar-refractivity contribution is -0.142. The van der Waals surface area contributed by atoms with Gasteiger partial charge in [0.05, 0.1) is 11.9 Å². The zero-order chi connectivity index (χ0) is 17.7. The molecule has 1 aromatic heterocycles. The van der Waals surface area contributed by atoms with E-state index in [2.05, 4.69) is 20.9 Å². The molecule has 0 aliphatic heterocycles. The van der Waals surface area contributed by atoms with Gasteiger partial charge >= 0.3 is 12.2 Å². The molecule has 2 amide bonds. The number of alkyl halides is 3. The Labute approximate surface area is 135 Å². The van der Waals surface area contributed by atoms with Crippen LogP contribution in [0.4, 0.5) is 23.7 Å². The molecule has 0 saturated carbocycles. The van der Waals surface area contributed by atoms with E-state index in [1.54, 1.807) is 6.92 Å². The van der Waals surface area contributed by atoms with Gasteiger partial charge < -0.3 is 15.7 Å². The molecule has 0 aliphatic rings. The van der Waals surface area contributed by atoms with Crippen molar-refractivity contribution in [1.82, 2.24) is 20.3 Å². The van der Waals surface area contributed by atoms with Crippen molar-refractivity contribution in [2.75, 3.05) is 11.9 Å². The highest BCUT2D eigenvalue weighted by Gasteiger charge is 2.36. The fraction of sp³-hybridized carbons (Fsp3) is 0.357. The molecular formula is C14H16F3N5O2. The number of amides is 2. The van der Waals surface area contributed by atoms with E-state index in [-0.39, 0.29) is 18.3 Å². The Bertz CT molecular complexity index is 684. The lowest BCUT2D eigenvalue weighted by Gasteiger charge is -2.14. The van der Waals surface area contributed by atoms with E-state index in [0.29, 0.717) is 23.0 Å². The van der Waals surface area contributed by atoms with Gasteiger partial charge in [-0.25, -0.2) is 9.48 Å². The molecule has 7 nitrogen and oxygen atoms in total. The zero-order valence-electron chi connectivity index (χ0n) is 12.7. The highest BCUT2D eigenvalue weighted by atomic mass is 19.4. The largest absolute Gasteiger partial charge is 0.435 e. The van der Waals surface area contributed by atoms with E-state index in [1.165, 1.54) is 24.3 Å². The molecule has 0 saturated heterocycles. The number of aromatic nitrogens is 3. The van der Waals surface area contributed by atoms with Gasteiger partial charge in [-0.2, -0.15) is 13.2 Å². The van der Waals surface area contributed by atoms with Crippen LogP contribution in [0.5, 0.6) is 0 Å². The number of benzene rings is 1. The maximum absolute atomic E-state index is 12.8. The Morgan fingerprint density at radius 3 is 2.58 bits per heavy atom. The lowest BCUT2D eigenvalue weighted by Crippen LogP contribution is -2.36. The van der Waals surface area contributed by atoms with Crippen LogP contribution in [0.15, 0.2) is 30.5 Å². The van der Waals surface area contributed by atoms with E-state index in [0.717, 1.165) is 0 Å². The minimum Gasteiger partial charge on any atom is -0.396 e. The third-order valence-electron chi connectivity index (χ3n) is 3.15. The standard InChI is InChI=1S/C14H16F3N5O2/c1-9(6-7-23)19-13(24)20-10-2-4-11(5-3-10)22-12(8-18-21-22)14(15,16)17/h2-5,8-9,23H,6-7H2,1H3,(H2,19,20,24). The number of halogens is 3. The number of nitrogens with zero attached hydrogens (tertiary/aromatic N) is 3. The summed E-state index contributed by atoms with van der Waals surface area (Å²) in [5, 5.41) is 20.6. The number of hydrogen-bond donors (Lipinski definition) is 3. The first-order chi connectivity index (χ1) is 11.3. The van der Waals surface area contributed by atoms with E-state index in [9.17, 15) is 18.0 Å². The van der Waals surface area contributed by atoms with Crippen LogP contribution in [0.1, 0.15) is 19.0 Å². The molecule has 10 heteroatoms. The summed E-state index contributed by atoms with van der Waals surface area (Å²) >= 11 is 0. The molecule has 0 fully saturated rings. The number of urea groups is 1. The SMILES string of the molecule is CC(CCO)NC(=O)Nc1ccc(-n2nncc2C(F)(F)F)cc1. The van der Waals surface area contributed by atoms with Crippen molar-refractivity contribution in [1.29, 1.82) is 0 Å². The summed E-state index contributed by atoms with van der Waals surface area (Å²) in [6, 6.07) is 4.99. The van der Waals surface area contributed by atoms with Crippen LogP contribution < -0.4 is 10.6 Å². The van der Waals surface area contributed by atoms with E-state index in [1.807, 2.05) is 0 Å². The predicted octanol–water partition coefficient (Wildman–Crippen LogP) is 2.18. The van der Waals surface area contributed by atoms with E-state index in [4.69, 9.17) is 5.11 Å². The van der Waals surface area contributed by atoms with Crippen molar-refractivity contribution < 1.29 is 23.1 Å². The normalized spacial score (nSPS) is 12.7. The monoisotopic (exact) mass is 343 g/mol. The Balaban J connectivity index is 2.06. The van der Waals surface area contributed by atoms with Gasteiger partial charge in [0, 0.05) is 18.3 Å². The predicted molar refractivity (Wildman–Crippen MR) is 79.7 cm³/mol. The molecule has 0 bridgehead atoms. The molecule has 3 N–H and O–H groups in total. The molecule has 24 heavy (non-hydrogen) atoms. The Kier molecular flexibility index (Phi) is 5.39. The maximum atomic E-state index is 12.8. The van der Waals surface area contributed by atoms with Gasteiger partial charge in [-0.1, -0.05) is 5.21 Å². The fourth-order valence-corrected chi connectivity index (χ4v) is 1.96. The second kappa shape index (κ2) is 7.30. The minimum absolute atomic E-state index is 0.0460. The highest BCUT2D eigenvalue weighted by molar-refractivity contribution is 5.89. The van der Waals surface area contributed by atoms with E-state index >= 15 is 0 Å². The molecule has 130 valence electrons. The van der Waals surface area contributed by atoms with Crippen molar-refractivity contribution in [3.8, 4) is 5.69 Å². The molecule has 1 heterocycles. The number of aliphatic hydroxyl groups excluding tert-OH is 1. The number of carbonyl (C=O) groups excluding carboxylic acids is 1. The maximum Gasteiger partial charge on any atom is 0.435 e. The summed E-state index contributed by atoms with van der Waals surface area (Å²) in [4.78, 5) is 11.7. The molecule has 2 rings (SSSR count). The summed E-state index contributed by atoms with van der Waals surface area (Å²) in [5.41, 5.74) is -0.417. The number of hydrogen-bond acceptors (Lipinski definition) is 4. The average Bonchev–Trinajstić information content (AvgIpc) is 2.97. The van der Waals surface area contributed by atoms with Gasteiger partial charge in [-0.05, 0) is 37.6 Å². The average molecular weight is 343 g/mol. The molecule has 2 aromatic rings. The van der Waals surface area contributed by atoms with Crippen LogP contribution in [0.25, 0.3) is 5.69 Å². The number of carbonyl (C=O) groups is 1. The van der Waals surface area contributed by atoms with Crippen molar-refractivity contribution in [2.24, 2.45) is 0 Å². The Hall–Kier alpha value is -2.62. The smallest absolute Gasteiger partial charge is 0.396 e. The first kappa shape index (κ1) is 17.7. The number of aliphatic hydroxyl groups is 1. The van der Waals surface area contributed by atoms with Gasteiger partial charge in [0.1, 0.15) is 0 Å². The number of rotatable bonds is 5. The third kappa shape index (κ3) is 4.44. The number of anilines is 1. The Morgan fingerprint density at radius 2 is 2.00 bits per heavy atom. The zero-order valence-corrected chi connectivity index (χ0v) is 12.7. The number of nitrogens with one attached hydrogen (secondary N) is 2. The van der Waals surface area contributed by atoms with Gasteiger partial charge in [-0.15, -0.1) is 5.10 Å². The van der Waals surface area contributed by atoms with Crippen molar-refractivity contribution in [2.45, 2.75) is 25.6 Å². The van der Waals surface area contributed by atoms with Gasteiger partial charge in [0.15, 0.2) is 5.69 Å². The molecule has 0 spiro atoms. The van der Waals surface area contributed by atoms with Crippen LogP contribution in [0, 0.1) is 0 Å². The summed E-state index contributed by atoms with van der Waals surface area (Å²) < 4.78 is 39.1. The minimum atomic E-state index is -4.57. The summed E-state index contributed by atoms with van der Waals surface area (Å²) in [7, 11) is 0. The summed E-state index contributed by atoms with van der Waals surface area (Å²) in [6.45, 7) is 1.69. The van der Waals surface area contributed by atoms with Crippen molar-refractivity contribution in [3.05, 3.63) is 36.2 Å². The molecule has 0 radical (unpaired) electrons. The van der Waals surface area contributed by atoms with Crippen LogP contribution in [0.2, 0.25) is 0 Å². The van der Waals surface area contributed by atoms with Gasteiger partial charge in [0.2, 0.25) is 0 Å². The van der Waals surface area contributed by atoms with E-state index < -0.39 is 17.9 Å². The third-order valence-corrected chi connectivity index (χ3v) is 3.15. The quantitative estimate of drug-likeness (QED) is 0.776. The molecular weight excluding hydrogens is 327 g/mol. The summed E-state index contributed by atoms with van der Waals surface area (Å²) in [6.07, 6.45) is -3.51. The second-order valence-corrected chi connectivity index (χ2v) is 5.09.